The highest BCUT2D eigenvalue weighted by atomic mass is 35.5. The summed E-state index contributed by atoms with van der Waals surface area (Å²) in [5.74, 6) is 0.730. The van der Waals surface area contributed by atoms with Crippen LogP contribution in [-0.4, -0.2) is 76.5 Å². The van der Waals surface area contributed by atoms with Crippen LogP contribution in [0.1, 0.15) is 15.9 Å². The highest BCUT2D eigenvalue weighted by Gasteiger charge is 2.22. The summed E-state index contributed by atoms with van der Waals surface area (Å²) >= 11 is 13.6. The van der Waals surface area contributed by atoms with Crippen molar-refractivity contribution in [1.29, 1.82) is 0 Å². The number of benzene rings is 2. The van der Waals surface area contributed by atoms with Crippen LogP contribution in [0.15, 0.2) is 42.5 Å². The number of halogens is 2. The van der Waals surface area contributed by atoms with Crippen molar-refractivity contribution in [3.05, 3.63) is 63.6 Å². The maximum Gasteiger partial charge on any atom is 0.254 e. The molecule has 0 bridgehead atoms. The van der Waals surface area contributed by atoms with Gasteiger partial charge in [0.2, 0.25) is 15.9 Å². The van der Waals surface area contributed by atoms with Crippen LogP contribution in [0.5, 0.6) is 0 Å². The molecular weight excluding hydrogens is 533 g/mol. The molecule has 3 rings (SSSR count). The van der Waals surface area contributed by atoms with Gasteiger partial charge in [-0.05, 0) is 42.0 Å². The van der Waals surface area contributed by atoms with Crippen molar-refractivity contribution in [1.82, 2.24) is 10.2 Å². The average molecular weight is 561 g/mol. The number of nitrogens with zero attached hydrogens (tertiary/aromatic N) is 2. The Morgan fingerprint density at radius 1 is 1.11 bits per heavy atom. The third kappa shape index (κ3) is 8.28. The van der Waals surface area contributed by atoms with Gasteiger partial charge >= 0.3 is 0 Å². The van der Waals surface area contributed by atoms with Crippen molar-refractivity contribution in [2.75, 3.05) is 55.7 Å². The van der Waals surface area contributed by atoms with Gasteiger partial charge in [-0.25, -0.2) is 8.42 Å². The maximum atomic E-state index is 12.6. The minimum Gasteiger partial charge on any atom is -0.378 e. The third-order valence-corrected chi connectivity index (χ3v) is 7.96. The fourth-order valence-electron chi connectivity index (χ4n) is 3.39. The van der Waals surface area contributed by atoms with E-state index in [1.165, 1.54) is 12.1 Å². The number of nitrogens with one attached hydrogen (secondary N) is 1. The molecule has 12 heteroatoms. The van der Waals surface area contributed by atoms with Gasteiger partial charge in [0.25, 0.3) is 5.91 Å². The Kier molecular flexibility index (Phi) is 10.1. The smallest absolute Gasteiger partial charge is 0.254 e. The van der Waals surface area contributed by atoms with Crippen LogP contribution in [0.2, 0.25) is 10.0 Å². The first kappa shape index (κ1) is 27.6. The Bertz CT molecular complexity index is 1140. The van der Waals surface area contributed by atoms with Gasteiger partial charge in [0.1, 0.15) is 6.54 Å². The average Bonchev–Trinajstić information content (AvgIpc) is 2.83. The van der Waals surface area contributed by atoms with Crippen molar-refractivity contribution in [3.63, 3.8) is 0 Å². The molecule has 1 aliphatic heterocycles. The van der Waals surface area contributed by atoms with Gasteiger partial charge in [-0.3, -0.25) is 13.9 Å². The number of ether oxygens (including phenoxy) is 1. The topological polar surface area (TPSA) is 96.0 Å². The van der Waals surface area contributed by atoms with Crippen molar-refractivity contribution >= 4 is 62.5 Å². The summed E-state index contributed by atoms with van der Waals surface area (Å²) in [5, 5.41) is 3.91. The van der Waals surface area contributed by atoms with E-state index in [2.05, 4.69) is 5.32 Å². The zero-order valence-electron chi connectivity index (χ0n) is 19.2. The van der Waals surface area contributed by atoms with Crippen LogP contribution in [-0.2, 0) is 25.3 Å². The number of amides is 2. The van der Waals surface area contributed by atoms with Crippen molar-refractivity contribution < 1.29 is 22.7 Å². The largest absolute Gasteiger partial charge is 0.378 e. The lowest BCUT2D eigenvalue weighted by atomic mass is 10.1. The molecule has 1 aliphatic rings. The minimum absolute atomic E-state index is 0.138. The number of hydrogen-bond acceptors (Lipinski definition) is 6. The molecule has 2 aromatic rings. The lowest BCUT2D eigenvalue weighted by molar-refractivity contribution is -0.119. The first-order chi connectivity index (χ1) is 16.6. The molecule has 0 aliphatic carbocycles. The molecule has 190 valence electrons. The fraction of sp³-hybridized carbons (Fsp3) is 0.391. The van der Waals surface area contributed by atoms with Gasteiger partial charge < -0.3 is 15.0 Å². The predicted octanol–water partition coefficient (Wildman–Crippen LogP) is 3.28. The number of carbonyl (C=O) groups excluding carboxylic acids is 2. The lowest BCUT2D eigenvalue weighted by Gasteiger charge is -2.27. The van der Waals surface area contributed by atoms with Crippen molar-refractivity contribution in [2.24, 2.45) is 0 Å². The van der Waals surface area contributed by atoms with Crippen LogP contribution >= 0.6 is 35.0 Å². The summed E-state index contributed by atoms with van der Waals surface area (Å²) in [6, 6.07) is 11.5. The van der Waals surface area contributed by atoms with E-state index in [0.717, 1.165) is 16.1 Å². The molecule has 2 amide bonds. The quantitative estimate of drug-likeness (QED) is 0.449. The number of thioether (sulfide) groups is 1. The molecule has 1 heterocycles. The van der Waals surface area contributed by atoms with E-state index in [1.54, 1.807) is 40.9 Å². The fourth-order valence-corrected chi connectivity index (χ4v) is 5.66. The highest BCUT2D eigenvalue weighted by molar-refractivity contribution is 7.98. The van der Waals surface area contributed by atoms with Crippen LogP contribution < -0.4 is 9.62 Å². The molecule has 1 N–H and O–H groups in total. The summed E-state index contributed by atoms with van der Waals surface area (Å²) in [6.07, 6.45) is 1.04. The predicted molar refractivity (Wildman–Crippen MR) is 141 cm³/mol. The lowest BCUT2D eigenvalue weighted by Crippen LogP contribution is -2.41. The summed E-state index contributed by atoms with van der Waals surface area (Å²) in [7, 11) is -3.72. The molecule has 0 atom stereocenters. The molecule has 8 nitrogen and oxygen atoms in total. The summed E-state index contributed by atoms with van der Waals surface area (Å²) < 4.78 is 31.0. The van der Waals surface area contributed by atoms with Crippen molar-refractivity contribution in [2.45, 2.75) is 5.75 Å². The number of rotatable bonds is 10. The zero-order valence-corrected chi connectivity index (χ0v) is 22.4. The van der Waals surface area contributed by atoms with Crippen molar-refractivity contribution in [3.8, 4) is 0 Å². The molecule has 0 unspecified atom stereocenters. The second-order valence-electron chi connectivity index (χ2n) is 7.86. The Morgan fingerprint density at radius 3 is 2.43 bits per heavy atom. The van der Waals surface area contributed by atoms with Gasteiger partial charge in [0, 0.05) is 46.7 Å². The monoisotopic (exact) mass is 559 g/mol. The van der Waals surface area contributed by atoms with E-state index in [0.29, 0.717) is 65.6 Å². The number of anilines is 1. The Morgan fingerprint density at radius 2 is 1.80 bits per heavy atom. The number of hydrogen-bond donors (Lipinski definition) is 1. The van der Waals surface area contributed by atoms with Gasteiger partial charge in [0.15, 0.2) is 0 Å². The minimum atomic E-state index is -3.72. The van der Waals surface area contributed by atoms with Crippen LogP contribution in [0.3, 0.4) is 0 Å². The molecule has 0 saturated carbocycles. The van der Waals surface area contributed by atoms with Gasteiger partial charge in [-0.1, -0.05) is 29.3 Å². The number of sulfonamides is 1. The second kappa shape index (κ2) is 12.8. The standard InChI is InChI=1S/C23H27Cl2N3O5S2/c1-35(31,32)28(20-6-3-17(4-7-20)23(30)27-9-11-33-12-10-27)15-22(29)26-8-13-34-16-18-2-5-19(24)14-21(18)25/h2-7,14H,8-13,15-16H2,1H3,(H,26,29). The van der Waals surface area contributed by atoms with Gasteiger partial charge in [-0.2, -0.15) is 11.8 Å². The molecule has 0 aromatic heterocycles. The van der Waals surface area contributed by atoms with Gasteiger partial charge in [-0.15, -0.1) is 0 Å². The van der Waals surface area contributed by atoms with Crippen LogP contribution in [0.25, 0.3) is 0 Å². The SMILES string of the molecule is CS(=O)(=O)N(CC(=O)NCCSCc1ccc(Cl)cc1Cl)c1ccc(C(=O)N2CCOCC2)cc1. The summed E-state index contributed by atoms with van der Waals surface area (Å²) in [4.78, 5) is 26.7. The molecule has 1 saturated heterocycles. The number of carbonyl (C=O) groups is 2. The van der Waals surface area contributed by atoms with Crippen LogP contribution in [0.4, 0.5) is 5.69 Å². The normalized spacial score (nSPS) is 14.0. The Labute approximate surface area is 219 Å². The van der Waals surface area contributed by atoms with E-state index in [9.17, 15) is 18.0 Å². The Balaban J connectivity index is 1.51. The van der Waals surface area contributed by atoms with E-state index >= 15 is 0 Å². The second-order valence-corrected chi connectivity index (χ2v) is 11.7. The molecule has 1 fully saturated rings. The van der Waals surface area contributed by atoms with E-state index < -0.39 is 15.9 Å². The van der Waals surface area contributed by atoms with Gasteiger partial charge in [0.05, 0.1) is 25.2 Å². The summed E-state index contributed by atoms with van der Waals surface area (Å²) in [6.45, 7) is 2.04. The molecule has 35 heavy (non-hydrogen) atoms. The zero-order chi connectivity index (χ0) is 25.4. The highest BCUT2D eigenvalue weighted by Crippen LogP contribution is 2.24. The summed E-state index contributed by atoms with van der Waals surface area (Å²) in [5.41, 5.74) is 1.71. The number of morpholine rings is 1. The van der Waals surface area contributed by atoms with Crippen LogP contribution in [0, 0.1) is 0 Å². The first-order valence-corrected chi connectivity index (χ1v) is 14.6. The third-order valence-electron chi connectivity index (χ3n) is 5.23. The first-order valence-electron chi connectivity index (χ1n) is 10.9. The Hall–Kier alpha value is -1.98. The molecule has 2 aromatic carbocycles. The van der Waals surface area contributed by atoms with E-state index in [1.807, 2.05) is 6.07 Å². The molecular formula is C23H27Cl2N3O5S2. The maximum absolute atomic E-state index is 12.6. The van der Waals surface area contributed by atoms with E-state index in [-0.39, 0.29) is 12.5 Å². The molecule has 0 spiro atoms. The molecule has 0 radical (unpaired) electrons. The van der Waals surface area contributed by atoms with E-state index in [4.69, 9.17) is 27.9 Å².